The number of carbonyl (C=O) groups is 3. The Morgan fingerprint density at radius 3 is 2.08 bits per heavy atom. The summed E-state index contributed by atoms with van der Waals surface area (Å²) in [5.41, 5.74) is 3.80. The lowest BCUT2D eigenvalue weighted by Gasteiger charge is -2.12. The van der Waals surface area contributed by atoms with E-state index in [1.165, 1.54) is 17.3 Å². The van der Waals surface area contributed by atoms with Crippen LogP contribution in [0.2, 0.25) is 0 Å². The number of ketones is 1. The third-order valence-corrected chi connectivity index (χ3v) is 7.63. The molecule has 4 aromatic rings. The number of nitrogens with one attached hydrogen (secondary N) is 2. The Morgan fingerprint density at radius 2 is 1.45 bits per heavy atom. The fourth-order valence-electron chi connectivity index (χ4n) is 3.79. The van der Waals surface area contributed by atoms with E-state index in [1.807, 2.05) is 54.6 Å². The highest BCUT2D eigenvalue weighted by atomic mass is 79.9. The highest BCUT2D eigenvalue weighted by Crippen LogP contribution is 2.23. The summed E-state index contributed by atoms with van der Waals surface area (Å²) in [5.74, 6) is -0.0775. The van der Waals surface area contributed by atoms with Crippen molar-refractivity contribution in [1.29, 1.82) is 0 Å². The summed E-state index contributed by atoms with van der Waals surface area (Å²) in [7, 11) is 0. The van der Waals surface area contributed by atoms with Gasteiger partial charge in [0.2, 0.25) is 0 Å². The molecule has 4 aromatic carbocycles. The van der Waals surface area contributed by atoms with Crippen molar-refractivity contribution < 1.29 is 14.4 Å². The van der Waals surface area contributed by atoms with Crippen LogP contribution < -0.4 is 10.6 Å². The van der Waals surface area contributed by atoms with Crippen molar-refractivity contribution in [3.8, 4) is 0 Å². The predicted octanol–water partition coefficient (Wildman–Crippen LogP) is 7.96. The maximum absolute atomic E-state index is 13.3. The van der Waals surface area contributed by atoms with Gasteiger partial charge in [-0.1, -0.05) is 84.4 Å². The number of benzene rings is 4. The Kier molecular flexibility index (Phi) is 10.1. The van der Waals surface area contributed by atoms with Crippen LogP contribution >= 0.6 is 27.7 Å². The van der Waals surface area contributed by atoms with Crippen LogP contribution in [0, 0.1) is 0 Å². The number of anilines is 1. The molecule has 0 unspecified atom stereocenters. The van der Waals surface area contributed by atoms with Gasteiger partial charge in [-0.3, -0.25) is 14.4 Å². The average Bonchev–Trinajstić information content (AvgIpc) is 2.97. The standard InChI is InChI=1S/C33H29BrN2O3S/c1-22(2)24-10-8-23(9-11-24)20-30(36-32(38)26-6-4-3-5-7-26)33(39)35-28-16-18-29(19-17-28)40-21-31(37)25-12-14-27(34)15-13-25/h3-20,22H,21H2,1-2H3,(H,35,39)(H,36,38)/b30-20-. The van der Waals surface area contributed by atoms with Gasteiger partial charge >= 0.3 is 0 Å². The smallest absolute Gasteiger partial charge is 0.272 e. The summed E-state index contributed by atoms with van der Waals surface area (Å²) in [6, 6.07) is 31.2. The van der Waals surface area contributed by atoms with E-state index < -0.39 is 5.91 Å². The van der Waals surface area contributed by atoms with Crippen LogP contribution in [0.3, 0.4) is 0 Å². The van der Waals surface area contributed by atoms with Crippen LogP contribution in [0.5, 0.6) is 0 Å². The quantitative estimate of drug-likeness (QED) is 0.108. The maximum atomic E-state index is 13.3. The van der Waals surface area contributed by atoms with Crippen molar-refractivity contribution in [1.82, 2.24) is 5.32 Å². The molecule has 202 valence electrons. The Balaban J connectivity index is 1.45. The van der Waals surface area contributed by atoms with Gasteiger partial charge in [-0.15, -0.1) is 11.8 Å². The average molecular weight is 614 g/mol. The van der Waals surface area contributed by atoms with E-state index in [4.69, 9.17) is 0 Å². The first-order chi connectivity index (χ1) is 19.3. The van der Waals surface area contributed by atoms with Gasteiger partial charge in [0.05, 0.1) is 5.75 Å². The molecule has 0 bridgehead atoms. The second-order valence-corrected chi connectivity index (χ2v) is 11.4. The van der Waals surface area contributed by atoms with Gasteiger partial charge in [0.25, 0.3) is 11.8 Å². The van der Waals surface area contributed by atoms with Crippen LogP contribution in [0.4, 0.5) is 5.69 Å². The second-order valence-electron chi connectivity index (χ2n) is 9.40. The van der Waals surface area contributed by atoms with Gasteiger partial charge in [0.15, 0.2) is 5.78 Å². The summed E-state index contributed by atoms with van der Waals surface area (Å²) in [6.45, 7) is 4.24. The molecule has 2 amide bonds. The molecular weight excluding hydrogens is 584 g/mol. The van der Waals surface area contributed by atoms with Gasteiger partial charge < -0.3 is 10.6 Å². The molecule has 0 atom stereocenters. The number of hydrogen-bond acceptors (Lipinski definition) is 4. The second kappa shape index (κ2) is 13.9. The summed E-state index contributed by atoms with van der Waals surface area (Å²) in [5, 5.41) is 5.64. The normalized spacial score (nSPS) is 11.2. The molecule has 4 rings (SSSR count). The van der Waals surface area contributed by atoms with Crippen LogP contribution in [0.25, 0.3) is 6.08 Å². The molecule has 0 fully saturated rings. The van der Waals surface area contributed by atoms with Crippen LogP contribution in [-0.4, -0.2) is 23.4 Å². The fraction of sp³-hybridized carbons (Fsp3) is 0.121. The Hall–Kier alpha value is -3.94. The first kappa shape index (κ1) is 29.1. The Bertz CT molecular complexity index is 1500. The fourth-order valence-corrected chi connectivity index (χ4v) is 4.84. The van der Waals surface area contributed by atoms with Crippen molar-refractivity contribution in [3.63, 3.8) is 0 Å². The lowest BCUT2D eigenvalue weighted by atomic mass is 10.0. The number of Topliss-reactive ketones (excluding diaryl/α,β-unsaturated/α-hetero) is 1. The van der Waals surface area contributed by atoms with E-state index >= 15 is 0 Å². The lowest BCUT2D eigenvalue weighted by Crippen LogP contribution is -2.30. The zero-order chi connectivity index (χ0) is 28.5. The highest BCUT2D eigenvalue weighted by Gasteiger charge is 2.15. The summed E-state index contributed by atoms with van der Waals surface area (Å²) in [6.07, 6.45) is 1.66. The number of rotatable bonds is 10. The number of halogens is 1. The minimum atomic E-state index is -0.442. The first-order valence-electron chi connectivity index (χ1n) is 12.8. The van der Waals surface area contributed by atoms with Gasteiger partial charge in [-0.25, -0.2) is 0 Å². The molecule has 2 N–H and O–H groups in total. The summed E-state index contributed by atoms with van der Waals surface area (Å²) >= 11 is 4.81. The summed E-state index contributed by atoms with van der Waals surface area (Å²) < 4.78 is 0.927. The molecule has 0 aliphatic rings. The predicted molar refractivity (Wildman–Crippen MR) is 167 cm³/mol. The zero-order valence-electron chi connectivity index (χ0n) is 22.2. The largest absolute Gasteiger partial charge is 0.321 e. The van der Waals surface area contributed by atoms with E-state index in [2.05, 4.69) is 40.4 Å². The number of thioether (sulfide) groups is 1. The third kappa shape index (κ3) is 8.28. The first-order valence-corrected chi connectivity index (χ1v) is 14.6. The zero-order valence-corrected chi connectivity index (χ0v) is 24.6. The van der Waals surface area contributed by atoms with Crippen LogP contribution in [0.15, 0.2) is 118 Å². The minimum Gasteiger partial charge on any atom is -0.321 e. The third-order valence-electron chi connectivity index (χ3n) is 6.09. The molecular formula is C33H29BrN2O3S. The summed E-state index contributed by atoms with van der Waals surface area (Å²) in [4.78, 5) is 39.5. The van der Waals surface area contributed by atoms with Crippen LogP contribution in [-0.2, 0) is 4.79 Å². The van der Waals surface area contributed by atoms with Gasteiger partial charge in [-0.2, -0.15) is 0 Å². The van der Waals surface area contributed by atoms with Gasteiger partial charge in [0, 0.05) is 26.2 Å². The highest BCUT2D eigenvalue weighted by molar-refractivity contribution is 9.10. The molecule has 0 aliphatic carbocycles. The van der Waals surface area contributed by atoms with E-state index in [1.54, 1.807) is 54.6 Å². The van der Waals surface area contributed by atoms with E-state index in [9.17, 15) is 14.4 Å². The van der Waals surface area contributed by atoms with E-state index in [0.717, 1.165) is 14.9 Å². The number of amides is 2. The lowest BCUT2D eigenvalue weighted by molar-refractivity contribution is -0.113. The molecule has 0 saturated carbocycles. The molecule has 5 nitrogen and oxygen atoms in total. The van der Waals surface area contributed by atoms with Crippen LogP contribution in [0.1, 0.15) is 51.6 Å². The Morgan fingerprint density at radius 1 is 0.800 bits per heavy atom. The number of hydrogen-bond donors (Lipinski definition) is 2. The topological polar surface area (TPSA) is 75.3 Å². The molecule has 0 heterocycles. The minimum absolute atomic E-state index is 0.0419. The van der Waals surface area contributed by atoms with Crippen molar-refractivity contribution >= 4 is 57.1 Å². The Labute approximate surface area is 247 Å². The molecule has 0 aromatic heterocycles. The van der Waals surface area contributed by atoms with Gasteiger partial charge in [0.1, 0.15) is 5.70 Å². The molecule has 7 heteroatoms. The monoisotopic (exact) mass is 612 g/mol. The molecule has 0 aliphatic heterocycles. The SMILES string of the molecule is CC(C)c1ccc(/C=C(\NC(=O)c2ccccc2)C(=O)Nc2ccc(SCC(=O)c3ccc(Br)cc3)cc2)cc1. The van der Waals surface area contributed by atoms with Crippen molar-refractivity contribution in [2.24, 2.45) is 0 Å². The molecule has 0 radical (unpaired) electrons. The molecule has 40 heavy (non-hydrogen) atoms. The molecule has 0 saturated heterocycles. The van der Waals surface area contributed by atoms with E-state index in [0.29, 0.717) is 28.5 Å². The van der Waals surface area contributed by atoms with Crippen molar-refractivity contribution in [2.45, 2.75) is 24.7 Å². The maximum Gasteiger partial charge on any atom is 0.272 e. The number of carbonyl (C=O) groups excluding carboxylic acids is 3. The van der Waals surface area contributed by atoms with Gasteiger partial charge in [-0.05, 0) is 71.7 Å². The van der Waals surface area contributed by atoms with Crippen molar-refractivity contribution in [2.75, 3.05) is 11.1 Å². The van der Waals surface area contributed by atoms with Crippen molar-refractivity contribution in [3.05, 3.63) is 136 Å². The van der Waals surface area contributed by atoms with E-state index in [-0.39, 0.29) is 17.4 Å². The molecule has 0 spiro atoms.